The fraction of sp³-hybridized carbons (Fsp3) is 0.316. The standard InChI is InChI=1S/C19H15BrN4/c20-16-8-4-3-7-14(16)17-13-6-2-1-5-12(13)15(9-21)18(24)19(17,10-22)11-23/h3-5,7-8,13,17H,1-2,6,24H2. The van der Waals surface area contributed by atoms with Gasteiger partial charge in [-0.2, -0.15) is 15.8 Å². The van der Waals surface area contributed by atoms with Crippen molar-refractivity contribution in [3.63, 3.8) is 0 Å². The summed E-state index contributed by atoms with van der Waals surface area (Å²) in [5.41, 5.74) is 6.87. The monoisotopic (exact) mass is 378 g/mol. The summed E-state index contributed by atoms with van der Waals surface area (Å²) in [5.74, 6) is -0.453. The highest BCUT2D eigenvalue weighted by molar-refractivity contribution is 9.10. The molecule has 2 N–H and O–H groups in total. The van der Waals surface area contributed by atoms with Gasteiger partial charge in [0.1, 0.15) is 6.07 Å². The van der Waals surface area contributed by atoms with Crippen LogP contribution in [0, 0.1) is 45.3 Å². The van der Waals surface area contributed by atoms with Crippen molar-refractivity contribution in [3.05, 3.63) is 57.2 Å². The van der Waals surface area contributed by atoms with Gasteiger partial charge in [-0.15, -0.1) is 0 Å². The zero-order valence-corrected chi connectivity index (χ0v) is 14.5. The highest BCUT2D eigenvalue weighted by atomic mass is 79.9. The molecule has 24 heavy (non-hydrogen) atoms. The third kappa shape index (κ3) is 2.15. The van der Waals surface area contributed by atoms with E-state index in [-0.39, 0.29) is 11.6 Å². The quantitative estimate of drug-likeness (QED) is 0.796. The Morgan fingerprint density at radius 3 is 2.50 bits per heavy atom. The van der Waals surface area contributed by atoms with Gasteiger partial charge in [-0.3, -0.25) is 0 Å². The second-order valence-corrected chi connectivity index (χ2v) is 6.98. The normalized spacial score (nSPS) is 24.8. The molecular weight excluding hydrogens is 364 g/mol. The minimum Gasteiger partial charge on any atom is -0.399 e. The molecule has 3 rings (SSSR count). The summed E-state index contributed by atoms with van der Waals surface area (Å²) in [6, 6.07) is 14.0. The van der Waals surface area contributed by atoms with Crippen molar-refractivity contribution in [2.45, 2.75) is 25.2 Å². The van der Waals surface area contributed by atoms with Gasteiger partial charge in [0.15, 0.2) is 5.41 Å². The number of hydrogen-bond donors (Lipinski definition) is 1. The fourth-order valence-electron chi connectivity index (χ4n) is 3.94. The topological polar surface area (TPSA) is 97.4 Å². The third-order valence-corrected chi connectivity index (χ3v) is 5.76. The number of rotatable bonds is 1. The summed E-state index contributed by atoms with van der Waals surface area (Å²) < 4.78 is 0.850. The van der Waals surface area contributed by atoms with Gasteiger partial charge in [0.2, 0.25) is 0 Å². The molecule has 0 radical (unpaired) electrons. The number of fused-ring (bicyclic) bond motifs is 1. The van der Waals surface area contributed by atoms with E-state index in [2.05, 4.69) is 34.1 Å². The highest BCUT2D eigenvalue weighted by Gasteiger charge is 2.54. The van der Waals surface area contributed by atoms with Crippen LogP contribution in [0.5, 0.6) is 0 Å². The zero-order chi connectivity index (χ0) is 17.3. The van der Waals surface area contributed by atoms with Gasteiger partial charge in [0, 0.05) is 10.4 Å². The summed E-state index contributed by atoms with van der Waals surface area (Å²) in [6.07, 6.45) is 4.74. The molecule has 2 aliphatic rings. The van der Waals surface area contributed by atoms with Crippen molar-refractivity contribution in [1.29, 1.82) is 15.8 Å². The van der Waals surface area contributed by atoms with Crippen LogP contribution in [0.3, 0.4) is 0 Å². The van der Waals surface area contributed by atoms with E-state index in [1.165, 1.54) is 0 Å². The number of allylic oxidation sites excluding steroid dienone is 4. The minimum atomic E-state index is -1.53. The summed E-state index contributed by atoms with van der Waals surface area (Å²) in [5, 5.41) is 29.4. The Hall–Kier alpha value is -2.55. The van der Waals surface area contributed by atoms with Crippen molar-refractivity contribution in [2.75, 3.05) is 0 Å². The Bertz CT molecular complexity index is 862. The average Bonchev–Trinajstić information content (AvgIpc) is 2.62. The average molecular weight is 379 g/mol. The van der Waals surface area contributed by atoms with Gasteiger partial charge in [-0.25, -0.2) is 0 Å². The number of nitrogens with two attached hydrogens (primary N) is 1. The van der Waals surface area contributed by atoms with Crippen molar-refractivity contribution in [3.8, 4) is 18.2 Å². The molecule has 0 aromatic heterocycles. The van der Waals surface area contributed by atoms with E-state index in [1.54, 1.807) is 0 Å². The van der Waals surface area contributed by atoms with Gasteiger partial charge in [-0.05, 0) is 42.4 Å². The first-order chi connectivity index (χ1) is 11.6. The molecule has 4 nitrogen and oxygen atoms in total. The van der Waals surface area contributed by atoms with Crippen molar-refractivity contribution in [1.82, 2.24) is 0 Å². The van der Waals surface area contributed by atoms with Crippen LogP contribution < -0.4 is 5.73 Å². The lowest BCUT2D eigenvalue weighted by Crippen LogP contribution is -2.42. The van der Waals surface area contributed by atoms with Gasteiger partial charge in [0.25, 0.3) is 0 Å². The Morgan fingerprint density at radius 2 is 1.88 bits per heavy atom. The lowest BCUT2D eigenvalue weighted by Gasteiger charge is -2.43. The number of benzene rings is 1. The predicted octanol–water partition coefficient (Wildman–Crippen LogP) is 4.04. The minimum absolute atomic E-state index is 0.0568. The molecule has 2 unspecified atom stereocenters. The van der Waals surface area contributed by atoms with Gasteiger partial charge in [-0.1, -0.05) is 40.2 Å². The van der Waals surface area contributed by atoms with E-state index in [4.69, 9.17) is 5.73 Å². The second-order valence-electron chi connectivity index (χ2n) is 6.13. The highest BCUT2D eigenvalue weighted by Crippen LogP contribution is 2.56. The van der Waals surface area contributed by atoms with Crippen LogP contribution >= 0.6 is 15.9 Å². The molecule has 0 amide bonds. The largest absolute Gasteiger partial charge is 0.399 e. The van der Waals surface area contributed by atoms with E-state index < -0.39 is 11.3 Å². The molecule has 0 fully saturated rings. The SMILES string of the molecule is N#CC1=C(N)C(C#N)(C#N)C(c2ccccc2Br)C2CCCC=C12. The first-order valence-corrected chi connectivity index (χ1v) is 8.57. The van der Waals surface area contributed by atoms with E-state index in [0.29, 0.717) is 5.57 Å². The summed E-state index contributed by atoms with van der Waals surface area (Å²) in [7, 11) is 0. The number of nitriles is 3. The maximum atomic E-state index is 9.91. The van der Waals surface area contributed by atoms with Crippen molar-refractivity contribution >= 4 is 15.9 Å². The molecule has 0 saturated heterocycles. The molecule has 0 heterocycles. The number of nitrogens with zero attached hydrogens (tertiary/aromatic N) is 3. The number of hydrogen-bond acceptors (Lipinski definition) is 4. The molecule has 0 spiro atoms. The molecule has 1 aromatic rings. The molecule has 1 aromatic carbocycles. The zero-order valence-electron chi connectivity index (χ0n) is 13.0. The van der Waals surface area contributed by atoms with Crippen LogP contribution in [0.25, 0.3) is 0 Å². The van der Waals surface area contributed by atoms with Gasteiger partial charge < -0.3 is 5.73 Å². The molecule has 2 atom stereocenters. The Labute approximate surface area is 149 Å². The molecule has 0 aliphatic heterocycles. The Balaban J connectivity index is 2.37. The smallest absolute Gasteiger partial charge is 0.191 e. The van der Waals surface area contributed by atoms with Crippen molar-refractivity contribution < 1.29 is 0 Å². The predicted molar refractivity (Wildman–Crippen MR) is 92.8 cm³/mol. The first kappa shape index (κ1) is 16.3. The van der Waals surface area contributed by atoms with Crippen LogP contribution in [0.4, 0.5) is 0 Å². The summed E-state index contributed by atoms with van der Waals surface area (Å²) >= 11 is 3.55. The Morgan fingerprint density at radius 1 is 1.17 bits per heavy atom. The summed E-state index contributed by atoms with van der Waals surface area (Å²) in [6.45, 7) is 0. The van der Waals surface area contributed by atoms with Crippen LogP contribution in [0.1, 0.15) is 30.7 Å². The van der Waals surface area contributed by atoms with Crippen LogP contribution in [-0.4, -0.2) is 0 Å². The van der Waals surface area contributed by atoms with Crippen LogP contribution in [0.2, 0.25) is 0 Å². The number of halogens is 1. The molecule has 2 aliphatic carbocycles. The van der Waals surface area contributed by atoms with Gasteiger partial charge in [0.05, 0.1) is 23.4 Å². The van der Waals surface area contributed by atoms with E-state index >= 15 is 0 Å². The molecular formula is C19H15BrN4. The van der Waals surface area contributed by atoms with Crippen LogP contribution in [0.15, 0.2) is 51.7 Å². The van der Waals surface area contributed by atoms with Gasteiger partial charge >= 0.3 is 0 Å². The third-order valence-electron chi connectivity index (χ3n) is 5.04. The maximum absolute atomic E-state index is 9.91. The molecule has 0 saturated carbocycles. The van der Waals surface area contributed by atoms with Crippen molar-refractivity contribution in [2.24, 2.45) is 17.1 Å². The second kappa shape index (κ2) is 6.16. The lowest BCUT2D eigenvalue weighted by molar-refractivity contribution is 0.316. The molecule has 118 valence electrons. The first-order valence-electron chi connectivity index (χ1n) is 7.78. The maximum Gasteiger partial charge on any atom is 0.191 e. The summed E-state index contributed by atoms with van der Waals surface area (Å²) in [4.78, 5) is 0. The fourth-order valence-corrected chi connectivity index (χ4v) is 4.48. The Kier molecular flexibility index (Phi) is 4.18. The molecule has 0 bridgehead atoms. The van der Waals surface area contributed by atoms with E-state index in [1.807, 2.05) is 30.3 Å². The van der Waals surface area contributed by atoms with E-state index in [0.717, 1.165) is 34.9 Å². The van der Waals surface area contributed by atoms with Crippen LogP contribution in [-0.2, 0) is 0 Å². The lowest BCUT2D eigenvalue weighted by atomic mass is 9.57. The molecule has 5 heteroatoms. The van der Waals surface area contributed by atoms with E-state index in [9.17, 15) is 15.8 Å².